The molecule has 10 heteroatoms. The van der Waals surface area contributed by atoms with Crippen molar-refractivity contribution in [1.82, 2.24) is 25.5 Å². The fraction of sp³-hybridized carbons (Fsp3) is 0.0952. The third-order valence-electron chi connectivity index (χ3n) is 4.27. The Kier molecular flexibility index (Phi) is 6.38. The van der Waals surface area contributed by atoms with Gasteiger partial charge in [0.2, 0.25) is 5.91 Å². The highest BCUT2D eigenvalue weighted by atomic mass is 32.2. The molecule has 0 aliphatic carbocycles. The summed E-state index contributed by atoms with van der Waals surface area (Å²) in [7, 11) is 0. The smallest absolute Gasteiger partial charge is 0.256 e. The number of anilines is 1. The van der Waals surface area contributed by atoms with Crippen LogP contribution in [0.15, 0.2) is 82.6 Å². The van der Waals surface area contributed by atoms with Gasteiger partial charge >= 0.3 is 0 Å². The van der Waals surface area contributed by atoms with Gasteiger partial charge in [0.25, 0.3) is 5.91 Å². The first kappa shape index (κ1) is 20.4. The highest BCUT2D eigenvalue weighted by Gasteiger charge is 2.13. The van der Waals surface area contributed by atoms with Gasteiger partial charge in [-0.3, -0.25) is 9.59 Å². The van der Waals surface area contributed by atoms with Gasteiger partial charge in [0.15, 0.2) is 0 Å². The Morgan fingerprint density at radius 3 is 2.61 bits per heavy atom. The second-order valence-electron chi connectivity index (χ2n) is 6.40. The van der Waals surface area contributed by atoms with Gasteiger partial charge in [-0.15, -0.1) is 16.9 Å². The van der Waals surface area contributed by atoms with Crippen molar-refractivity contribution in [2.75, 3.05) is 11.1 Å². The monoisotopic (exact) mass is 434 g/mol. The molecule has 2 aromatic carbocycles. The van der Waals surface area contributed by atoms with E-state index in [9.17, 15) is 9.59 Å². The average molecular weight is 434 g/mol. The van der Waals surface area contributed by atoms with E-state index in [1.54, 1.807) is 54.8 Å². The van der Waals surface area contributed by atoms with Gasteiger partial charge in [-0.1, -0.05) is 12.1 Å². The minimum atomic E-state index is -0.255. The number of nitrogens with one attached hydrogen (secondary N) is 2. The Morgan fingerprint density at radius 1 is 1.03 bits per heavy atom. The van der Waals surface area contributed by atoms with E-state index in [0.717, 1.165) is 10.6 Å². The van der Waals surface area contributed by atoms with Crippen molar-refractivity contribution >= 4 is 29.3 Å². The molecule has 2 N–H and O–H groups in total. The van der Waals surface area contributed by atoms with Gasteiger partial charge in [-0.2, -0.15) is 0 Å². The van der Waals surface area contributed by atoms with E-state index in [4.69, 9.17) is 4.42 Å². The molecule has 0 bridgehead atoms. The second kappa shape index (κ2) is 9.72. The molecule has 0 spiro atoms. The molecule has 0 fully saturated rings. The van der Waals surface area contributed by atoms with E-state index in [0.29, 0.717) is 23.6 Å². The quantitative estimate of drug-likeness (QED) is 0.410. The molecule has 0 aliphatic heterocycles. The number of benzene rings is 2. The minimum absolute atomic E-state index is 0.144. The molecular weight excluding hydrogens is 416 g/mol. The Hall–Kier alpha value is -3.92. The zero-order valence-corrected chi connectivity index (χ0v) is 17.1. The van der Waals surface area contributed by atoms with Crippen LogP contribution in [-0.4, -0.2) is 37.8 Å². The van der Waals surface area contributed by atoms with Crippen LogP contribution in [0.3, 0.4) is 0 Å². The minimum Gasteiger partial charge on any atom is -0.467 e. The summed E-state index contributed by atoms with van der Waals surface area (Å²) in [6.45, 7) is 0.329. The van der Waals surface area contributed by atoms with Crippen molar-refractivity contribution in [3.63, 3.8) is 0 Å². The Labute approximate surface area is 181 Å². The molecule has 156 valence electrons. The molecule has 9 nitrogen and oxygen atoms in total. The number of carbonyl (C=O) groups is 2. The van der Waals surface area contributed by atoms with Gasteiger partial charge in [0, 0.05) is 10.6 Å². The van der Waals surface area contributed by atoms with E-state index in [-0.39, 0.29) is 17.6 Å². The molecule has 0 unspecified atom stereocenters. The van der Waals surface area contributed by atoms with Crippen LogP contribution in [0.4, 0.5) is 5.69 Å². The molecule has 0 saturated heterocycles. The Morgan fingerprint density at radius 2 is 1.87 bits per heavy atom. The fourth-order valence-electron chi connectivity index (χ4n) is 2.75. The zero-order valence-electron chi connectivity index (χ0n) is 16.3. The lowest BCUT2D eigenvalue weighted by Gasteiger charge is -2.10. The van der Waals surface area contributed by atoms with Gasteiger partial charge < -0.3 is 15.1 Å². The van der Waals surface area contributed by atoms with E-state index in [2.05, 4.69) is 26.2 Å². The van der Waals surface area contributed by atoms with Gasteiger partial charge in [-0.05, 0) is 59.0 Å². The summed E-state index contributed by atoms with van der Waals surface area (Å²) in [4.78, 5) is 25.6. The molecule has 4 aromatic rings. The van der Waals surface area contributed by atoms with E-state index >= 15 is 0 Å². The Balaban J connectivity index is 1.36. The zero-order chi connectivity index (χ0) is 21.5. The highest BCUT2D eigenvalue weighted by molar-refractivity contribution is 8.00. The van der Waals surface area contributed by atoms with Crippen molar-refractivity contribution in [3.05, 3.63) is 84.6 Å². The van der Waals surface area contributed by atoms with Crippen molar-refractivity contribution in [1.29, 1.82) is 0 Å². The number of aromatic nitrogens is 4. The van der Waals surface area contributed by atoms with E-state index in [1.165, 1.54) is 22.8 Å². The first-order valence-electron chi connectivity index (χ1n) is 9.35. The molecule has 0 aliphatic rings. The number of hydrogen-bond acceptors (Lipinski definition) is 7. The number of rotatable bonds is 8. The molecule has 2 aromatic heterocycles. The van der Waals surface area contributed by atoms with Gasteiger partial charge in [0.05, 0.1) is 29.8 Å². The number of tetrazole rings is 1. The Bertz CT molecular complexity index is 1140. The summed E-state index contributed by atoms with van der Waals surface area (Å²) < 4.78 is 6.72. The molecule has 0 atom stereocenters. The largest absolute Gasteiger partial charge is 0.467 e. The lowest BCUT2D eigenvalue weighted by molar-refractivity contribution is -0.118. The number of amides is 2. The van der Waals surface area contributed by atoms with Crippen LogP contribution >= 0.6 is 11.8 Å². The molecule has 0 saturated carbocycles. The highest BCUT2D eigenvalue weighted by Crippen LogP contribution is 2.24. The van der Waals surface area contributed by atoms with Gasteiger partial charge in [0.1, 0.15) is 12.1 Å². The molecule has 2 heterocycles. The topological polar surface area (TPSA) is 115 Å². The van der Waals surface area contributed by atoms with Crippen LogP contribution in [-0.2, 0) is 11.3 Å². The van der Waals surface area contributed by atoms with Crippen molar-refractivity contribution < 1.29 is 14.0 Å². The van der Waals surface area contributed by atoms with Crippen LogP contribution < -0.4 is 10.6 Å². The molecule has 0 radical (unpaired) electrons. The van der Waals surface area contributed by atoms with Crippen molar-refractivity contribution in [2.45, 2.75) is 11.4 Å². The normalized spacial score (nSPS) is 10.6. The van der Waals surface area contributed by atoms with Crippen molar-refractivity contribution in [2.24, 2.45) is 0 Å². The van der Waals surface area contributed by atoms with Crippen LogP contribution in [0, 0.1) is 0 Å². The SMILES string of the molecule is O=C(CSc1ccccc1C(=O)Nc1ccc(-n2cnnn2)cc1)NCc1ccco1. The lowest BCUT2D eigenvalue weighted by Crippen LogP contribution is -2.24. The summed E-state index contributed by atoms with van der Waals surface area (Å²) in [5.74, 6) is 0.472. The second-order valence-corrected chi connectivity index (χ2v) is 7.41. The number of furan rings is 1. The number of nitrogens with zero attached hydrogens (tertiary/aromatic N) is 4. The fourth-order valence-corrected chi connectivity index (χ4v) is 3.63. The van der Waals surface area contributed by atoms with E-state index < -0.39 is 0 Å². The maximum absolute atomic E-state index is 12.8. The maximum atomic E-state index is 12.8. The molecule has 31 heavy (non-hydrogen) atoms. The number of carbonyl (C=O) groups excluding carboxylic acids is 2. The van der Waals surface area contributed by atoms with Crippen LogP contribution in [0.1, 0.15) is 16.1 Å². The van der Waals surface area contributed by atoms with Crippen LogP contribution in [0.2, 0.25) is 0 Å². The number of hydrogen-bond donors (Lipinski definition) is 2. The average Bonchev–Trinajstić information content (AvgIpc) is 3.51. The standard InChI is InChI=1S/C21H18N6O3S/c28-20(22-12-17-4-3-11-30-17)13-31-19-6-2-1-5-18(19)21(29)24-15-7-9-16(10-8-15)27-14-23-25-26-27/h1-11,14H,12-13H2,(H,22,28)(H,24,29). The predicted octanol–water partition coefficient (Wildman–Crippen LogP) is 2.92. The lowest BCUT2D eigenvalue weighted by atomic mass is 10.2. The van der Waals surface area contributed by atoms with Gasteiger partial charge in [-0.25, -0.2) is 4.68 Å². The summed E-state index contributed by atoms with van der Waals surface area (Å²) in [5, 5.41) is 16.7. The molecular formula is C21H18N6O3S. The summed E-state index contributed by atoms with van der Waals surface area (Å²) in [6, 6.07) is 17.9. The maximum Gasteiger partial charge on any atom is 0.256 e. The molecule has 4 rings (SSSR count). The predicted molar refractivity (Wildman–Crippen MR) is 115 cm³/mol. The first-order valence-corrected chi connectivity index (χ1v) is 10.3. The first-order chi connectivity index (χ1) is 15.2. The summed E-state index contributed by atoms with van der Waals surface area (Å²) >= 11 is 1.30. The third kappa shape index (κ3) is 5.37. The third-order valence-corrected chi connectivity index (χ3v) is 5.34. The van der Waals surface area contributed by atoms with E-state index in [1.807, 2.05) is 12.1 Å². The number of thioether (sulfide) groups is 1. The van der Waals surface area contributed by atoms with Crippen LogP contribution in [0.5, 0.6) is 0 Å². The van der Waals surface area contributed by atoms with Crippen molar-refractivity contribution in [3.8, 4) is 5.69 Å². The van der Waals surface area contributed by atoms with Crippen LogP contribution in [0.25, 0.3) is 5.69 Å². The summed E-state index contributed by atoms with van der Waals surface area (Å²) in [5.41, 5.74) is 1.91. The summed E-state index contributed by atoms with van der Waals surface area (Å²) in [6.07, 6.45) is 3.05. The molecule has 2 amide bonds.